The van der Waals surface area contributed by atoms with Gasteiger partial charge in [0.1, 0.15) is 6.61 Å². The van der Waals surface area contributed by atoms with Crippen LogP contribution in [0.5, 0.6) is 11.5 Å². The first-order chi connectivity index (χ1) is 13.7. The van der Waals surface area contributed by atoms with Crippen molar-refractivity contribution in [1.29, 1.82) is 0 Å². The summed E-state index contributed by atoms with van der Waals surface area (Å²) in [5.41, 5.74) is 2.54. The van der Waals surface area contributed by atoms with Gasteiger partial charge >= 0.3 is 0 Å². The van der Waals surface area contributed by atoms with E-state index in [-0.39, 0.29) is 18.7 Å². The molecule has 2 aromatic rings. The van der Waals surface area contributed by atoms with Gasteiger partial charge in [0.25, 0.3) is 11.9 Å². The number of fused-ring (bicyclic) bond motifs is 1. The van der Waals surface area contributed by atoms with E-state index < -0.39 is 0 Å². The van der Waals surface area contributed by atoms with E-state index in [1.54, 1.807) is 12.1 Å². The van der Waals surface area contributed by atoms with Crippen molar-refractivity contribution in [3.8, 4) is 11.5 Å². The van der Waals surface area contributed by atoms with Crippen LogP contribution in [0.15, 0.2) is 47.5 Å². The number of hydrogen-bond donors (Lipinski definition) is 1. The third kappa shape index (κ3) is 5.47. The van der Waals surface area contributed by atoms with Gasteiger partial charge < -0.3 is 18.9 Å². The van der Waals surface area contributed by atoms with E-state index >= 15 is 0 Å². The molecule has 2 aromatic carbocycles. The number of nitrogens with zero attached hydrogens (tertiary/aromatic N) is 1. The average molecular weight is 384 g/mol. The van der Waals surface area contributed by atoms with Gasteiger partial charge in [-0.15, -0.1) is 0 Å². The molecule has 1 heterocycles. The molecule has 0 saturated heterocycles. The van der Waals surface area contributed by atoms with E-state index in [2.05, 4.69) is 10.3 Å². The second-order valence-corrected chi connectivity index (χ2v) is 6.17. The summed E-state index contributed by atoms with van der Waals surface area (Å²) in [7, 11) is 0. The lowest BCUT2D eigenvalue weighted by molar-refractivity contribution is 0.0922. The fourth-order valence-electron chi connectivity index (χ4n) is 2.54. The molecule has 148 valence electrons. The van der Waals surface area contributed by atoms with Gasteiger partial charge in [0, 0.05) is 12.2 Å². The lowest BCUT2D eigenvalue weighted by Gasteiger charge is -2.11. The first kappa shape index (κ1) is 19.7. The van der Waals surface area contributed by atoms with E-state index in [1.807, 2.05) is 44.2 Å². The van der Waals surface area contributed by atoms with Crippen LogP contribution in [0.25, 0.3) is 0 Å². The number of aryl methyl sites for hydroxylation is 1. The van der Waals surface area contributed by atoms with Crippen molar-refractivity contribution in [1.82, 2.24) is 5.32 Å². The van der Waals surface area contributed by atoms with Crippen LogP contribution in [-0.4, -0.2) is 38.5 Å². The fraction of sp³-hybridized carbons (Fsp3) is 0.333. The molecule has 0 saturated carbocycles. The molecule has 0 radical (unpaired) electrons. The Balaban J connectivity index is 1.67. The zero-order chi connectivity index (χ0) is 19.8. The highest BCUT2D eigenvalue weighted by molar-refractivity contribution is 6.04. The molecule has 0 unspecified atom stereocenters. The number of rotatable bonds is 7. The largest absolute Gasteiger partial charge is 0.463 e. The normalized spacial score (nSPS) is 12.7. The van der Waals surface area contributed by atoms with Gasteiger partial charge in [-0.3, -0.25) is 10.1 Å². The minimum atomic E-state index is -0.277. The van der Waals surface area contributed by atoms with Gasteiger partial charge in [0.05, 0.1) is 13.2 Å². The Morgan fingerprint density at radius 1 is 1.11 bits per heavy atom. The third-order valence-electron chi connectivity index (χ3n) is 4.05. The predicted molar refractivity (Wildman–Crippen MR) is 105 cm³/mol. The summed E-state index contributed by atoms with van der Waals surface area (Å²) in [5.74, 6) is 1.13. The Morgan fingerprint density at radius 2 is 1.89 bits per heavy atom. The molecule has 1 N–H and O–H groups in total. The Hall–Kier alpha value is -3.06. The second-order valence-electron chi connectivity index (χ2n) is 6.17. The van der Waals surface area contributed by atoms with Crippen molar-refractivity contribution in [2.75, 3.05) is 26.6 Å². The molecular weight excluding hydrogens is 360 g/mol. The van der Waals surface area contributed by atoms with Crippen molar-refractivity contribution in [2.24, 2.45) is 4.99 Å². The molecular formula is C21H24N2O5. The van der Waals surface area contributed by atoms with Crippen molar-refractivity contribution < 1.29 is 23.7 Å². The zero-order valence-electron chi connectivity index (χ0n) is 16.1. The Bertz CT molecular complexity index is 833. The molecule has 28 heavy (non-hydrogen) atoms. The van der Waals surface area contributed by atoms with E-state index in [0.717, 1.165) is 11.1 Å². The molecule has 0 atom stereocenters. The van der Waals surface area contributed by atoms with Gasteiger partial charge in [-0.25, -0.2) is 4.99 Å². The molecule has 0 fully saturated rings. The lowest BCUT2D eigenvalue weighted by atomic mass is 10.1. The number of aliphatic imine (C=N–C) groups is 1. The number of carbonyl (C=O) groups excluding carboxylic acids is 1. The van der Waals surface area contributed by atoms with Crippen LogP contribution in [-0.2, 0) is 16.0 Å². The Morgan fingerprint density at radius 3 is 2.68 bits per heavy atom. The summed E-state index contributed by atoms with van der Waals surface area (Å²) in [4.78, 5) is 16.9. The standard InChI is InChI=1S/C21H24N2O5/c1-3-25-10-11-26-21(23-20(24)17-7-4-15(2)5-8-17)22-13-16-6-9-18-19(12-16)28-14-27-18/h4-9,12H,3,10-11,13-14H2,1-2H3,(H,22,23,24). The topological polar surface area (TPSA) is 78.4 Å². The zero-order valence-corrected chi connectivity index (χ0v) is 16.1. The quantitative estimate of drug-likeness (QED) is 0.451. The molecule has 1 aliphatic rings. The van der Waals surface area contributed by atoms with Crippen LogP contribution in [0.3, 0.4) is 0 Å². The minimum Gasteiger partial charge on any atom is -0.463 e. The number of carbonyl (C=O) groups is 1. The monoisotopic (exact) mass is 384 g/mol. The third-order valence-corrected chi connectivity index (χ3v) is 4.05. The highest BCUT2D eigenvalue weighted by atomic mass is 16.7. The highest BCUT2D eigenvalue weighted by Crippen LogP contribution is 2.32. The molecule has 1 amide bonds. The molecule has 0 aliphatic carbocycles. The number of ether oxygens (including phenoxy) is 4. The maximum Gasteiger partial charge on any atom is 0.292 e. The second kappa shape index (κ2) is 9.75. The van der Waals surface area contributed by atoms with Gasteiger partial charge in [0.15, 0.2) is 11.5 Å². The fourth-order valence-corrected chi connectivity index (χ4v) is 2.54. The van der Waals surface area contributed by atoms with E-state index in [1.165, 1.54) is 0 Å². The molecule has 1 aliphatic heterocycles. The average Bonchev–Trinajstić information content (AvgIpc) is 3.17. The summed E-state index contributed by atoms with van der Waals surface area (Å²) >= 11 is 0. The maximum atomic E-state index is 12.5. The van der Waals surface area contributed by atoms with E-state index in [0.29, 0.717) is 43.4 Å². The first-order valence-corrected chi connectivity index (χ1v) is 9.17. The van der Waals surface area contributed by atoms with Gasteiger partial charge in [-0.2, -0.15) is 0 Å². The molecule has 3 rings (SSSR count). The SMILES string of the molecule is CCOCCOC(=NCc1ccc2c(c1)OCO2)NC(=O)c1ccc(C)cc1. The Kier molecular flexibility index (Phi) is 6.86. The van der Waals surface area contributed by atoms with Crippen LogP contribution in [0, 0.1) is 6.92 Å². The number of nitrogens with one attached hydrogen (secondary N) is 1. The van der Waals surface area contributed by atoms with Crippen molar-refractivity contribution in [3.63, 3.8) is 0 Å². The number of benzene rings is 2. The Labute approximate surface area is 164 Å². The van der Waals surface area contributed by atoms with Crippen LogP contribution in [0.2, 0.25) is 0 Å². The number of amides is 1. The van der Waals surface area contributed by atoms with Crippen molar-refractivity contribution in [2.45, 2.75) is 20.4 Å². The van der Waals surface area contributed by atoms with Gasteiger partial charge in [0.2, 0.25) is 6.79 Å². The molecule has 7 nitrogen and oxygen atoms in total. The molecule has 7 heteroatoms. The van der Waals surface area contributed by atoms with Crippen molar-refractivity contribution in [3.05, 3.63) is 59.2 Å². The minimum absolute atomic E-state index is 0.156. The summed E-state index contributed by atoms with van der Waals surface area (Å²) in [6.07, 6.45) is 0. The number of amidine groups is 1. The summed E-state index contributed by atoms with van der Waals surface area (Å²) in [6, 6.07) is 13.1. The van der Waals surface area contributed by atoms with Crippen molar-refractivity contribution >= 4 is 11.9 Å². The van der Waals surface area contributed by atoms with E-state index in [4.69, 9.17) is 18.9 Å². The van der Waals surface area contributed by atoms with Gasteiger partial charge in [-0.1, -0.05) is 23.8 Å². The van der Waals surface area contributed by atoms with E-state index in [9.17, 15) is 4.79 Å². The van der Waals surface area contributed by atoms with Crippen LogP contribution in [0.1, 0.15) is 28.4 Å². The van der Waals surface area contributed by atoms with Crippen LogP contribution < -0.4 is 14.8 Å². The highest BCUT2D eigenvalue weighted by Gasteiger charge is 2.14. The lowest BCUT2D eigenvalue weighted by Crippen LogP contribution is -2.33. The molecule has 0 bridgehead atoms. The number of hydrogen-bond acceptors (Lipinski definition) is 6. The molecule has 0 aromatic heterocycles. The summed E-state index contributed by atoms with van der Waals surface area (Å²) < 4.78 is 21.6. The summed E-state index contributed by atoms with van der Waals surface area (Å²) in [5, 5.41) is 2.73. The first-order valence-electron chi connectivity index (χ1n) is 9.17. The van der Waals surface area contributed by atoms with Gasteiger partial charge in [-0.05, 0) is 43.7 Å². The molecule has 0 spiro atoms. The predicted octanol–water partition coefficient (Wildman–Crippen LogP) is 3.06. The van der Waals surface area contributed by atoms with Crippen LogP contribution in [0.4, 0.5) is 0 Å². The smallest absolute Gasteiger partial charge is 0.292 e. The maximum absolute atomic E-state index is 12.5. The summed E-state index contributed by atoms with van der Waals surface area (Å²) in [6.45, 7) is 5.74. The van der Waals surface area contributed by atoms with Crippen LogP contribution >= 0.6 is 0 Å².